The van der Waals surface area contributed by atoms with Gasteiger partial charge in [-0.3, -0.25) is 4.79 Å². The Morgan fingerprint density at radius 2 is 2.19 bits per heavy atom. The van der Waals surface area contributed by atoms with Crippen molar-refractivity contribution in [2.45, 2.75) is 26.3 Å². The summed E-state index contributed by atoms with van der Waals surface area (Å²) >= 11 is 1.14. The zero-order chi connectivity index (χ0) is 15.4. The number of amides is 1. The lowest BCUT2D eigenvalue weighted by Crippen LogP contribution is -2.35. The summed E-state index contributed by atoms with van der Waals surface area (Å²) in [5.74, 6) is -1.34. The Balaban J connectivity index is 1.99. The van der Waals surface area contributed by atoms with Crippen LogP contribution in [0.1, 0.15) is 29.9 Å². The Morgan fingerprint density at radius 3 is 2.86 bits per heavy atom. The molecule has 0 radical (unpaired) electrons. The Hall–Kier alpha value is -1.95. The molecule has 1 amide bonds. The minimum atomic E-state index is -0.616. The zero-order valence-corrected chi connectivity index (χ0v) is 12.6. The second kappa shape index (κ2) is 6.67. The maximum atomic E-state index is 13.5. The number of hydrogen-bond acceptors (Lipinski definition) is 4. The molecule has 1 unspecified atom stereocenters. The normalized spacial score (nSPS) is 12.1. The molecule has 112 valence electrons. The molecular weight excluding hydrogens is 293 g/mol. The van der Waals surface area contributed by atoms with Gasteiger partial charge < -0.3 is 10.1 Å². The molecule has 0 saturated heterocycles. The first kappa shape index (κ1) is 15.4. The summed E-state index contributed by atoms with van der Waals surface area (Å²) < 4.78 is 19.2. The highest BCUT2D eigenvalue weighted by Gasteiger charge is 2.15. The molecule has 2 rings (SSSR count). The number of carbonyl (C=O) groups excluding carboxylic acids is 2. The van der Waals surface area contributed by atoms with Gasteiger partial charge in [0.25, 0.3) is 5.91 Å². The van der Waals surface area contributed by atoms with Gasteiger partial charge >= 0.3 is 5.97 Å². The van der Waals surface area contributed by atoms with E-state index in [1.807, 2.05) is 13.8 Å². The number of benzene rings is 1. The van der Waals surface area contributed by atoms with Crippen LogP contribution in [0.25, 0.3) is 10.1 Å². The first-order chi connectivity index (χ1) is 10.0. The monoisotopic (exact) mass is 309 g/mol. The lowest BCUT2D eigenvalue weighted by Gasteiger charge is -2.10. The molecule has 0 aliphatic carbocycles. The van der Waals surface area contributed by atoms with Crippen LogP contribution in [0.4, 0.5) is 4.39 Å². The van der Waals surface area contributed by atoms with E-state index >= 15 is 0 Å². The largest absolute Gasteiger partial charge is 0.451 e. The molecule has 0 bridgehead atoms. The zero-order valence-electron chi connectivity index (χ0n) is 11.8. The first-order valence-corrected chi connectivity index (χ1v) is 7.47. The van der Waals surface area contributed by atoms with Crippen LogP contribution in [0.2, 0.25) is 0 Å². The van der Waals surface area contributed by atoms with Gasteiger partial charge in [0.2, 0.25) is 0 Å². The van der Waals surface area contributed by atoms with Crippen molar-refractivity contribution < 1.29 is 18.7 Å². The molecule has 21 heavy (non-hydrogen) atoms. The standard InChI is InChI=1S/C15H16FNO3S/c1-3-9(2)17-14(18)8-20-15(19)13-7-10-11(16)5-4-6-12(10)21-13/h4-7,9H,3,8H2,1-2H3,(H,17,18). The van der Waals surface area contributed by atoms with Crippen molar-refractivity contribution in [3.8, 4) is 0 Å². The molecule has 1 atom stereocenters. The van der Waals surface area contributed by atoms with Crippen molar-refractivity contribution in [1.82, 2.24) is 5.32 Å². The van der Waals surface area contributed by atoms with Crippen LogP contribution in [-0.2, 0) is 9.53 Å². The molecule has 0 fully saturated rings. The Kier molecular flexibility index (Phi) is 4.90. The highest BCUT2D eigenvalue weighted by atomic mass is 32.1. The number of carbonyl (C=O) groups is 2. The number of rotatable bonds is 5. The van der Waals surface area contributed by atoms with Crippen molar-refractivity contribution in [1.29, 1.82) is 0 Å². The number of ether oxygens (including phenoxy) is 1. The van der Waals surface area contributed by atoms with Crippen LogP contribution in [0.5, 0.6) is 0 Å². The maximum absolute atomic E-state index is 13.5. The molecule has 2 aromatic rings. The predicted octanol–water partition coefficient (Wildman–Crippen LogP) is 3.11. The van der Waals surface area contributed by atoms with Gasteiger partial charge in [-0.1, -0.05) is 13.0 Å². The first-order valence-electron chi connectivity index (χ1n) is 6.65. The van der Waals surface area contributed by atoms with Crippen LogP contribution in [0.15, 0.2) is 24.3 Å². The van der Waals surface area contributed by atoms with E-state index in [-0.39, 0.29) is 29.3 Å². The molecule has 6 heteroatoms. The minimum Gasteiger partial charge on any atom is -0.451 e. The number of nitrogens with one attached hydrogen (secondary N) is 1. The molecule has 1 aromatic heterocycles. The molecule has 0 aliphatic rings. The third-order valence-corrected chi connectivity index (χ3v) is 4.14. The van der Waals surface area contributed by atoms with Gasteiger partial charge in [0.1, 0.15) is 10.7 Å². The van der Waals surface area contributed by atoms with Gasteiger partial charge in [0.05, 0.1) is 0 Å². The van der Waals surface area contributed by atoms with E-state index in [1.165, 1.54) is 12.1 Å². The number of fused-ring (bicyclic) bond motifs is 1. The summed E-state index contributed by atoms with van der Waals surface area (Å²) in [5, 5.41) is 3.09. The van der Waals surface area contributed by atoms with Crippen LogP contribution in [0.3, 0.4) is 0 Å². The maximum Gasteiger partial charge on any atom is 0.348 e. The fraction of sp³-hybridized carbons (Fsp3) is 0.333. The van der Waals surface area contributed by atoms with E-state index in [1.54, 1.807) is 12.1 Å². The fourth-order valence-corrected chi connectivity index (χ4v) is 2.72. The Bertz CT molecular complexity index is 668. The molecule has 4 nitrogen and oxygen atoms in total. The molecule has 0 spiro atoms. The highest BCUT2D eigenvalue weighted by Crippen LogP contribution is 2.27. The predicted molar refractivity (Wildman–Crippen MR) is 80.0 cm³/mol. The summed E-state index contributed by atoms with van der Waals surface area (Å²) in [5.41, 5.74) is 0. The van der Waals surface area contributed by atoms with Crippen molar-refractivity contribution >= 4 is 33.3 Å². The van der Waals surface area contributed by atoms with E-state index in [9.17, 15) is 14.0 Å². The third kappa shape index (κ3) is 3.78. The molecule has 0 saturated carbocycles. The highest BCUT2D eigenvalue weighted by molar-refractivity contribution is 7.20. The van der Waals surface area contributed by atoms with Crippen LogP contribution >= 0.6 is 11.3 Å². The van der Waals surface area contributed by atoms with E-state index in [0.29, 0.717) is 10.1 Å². The van der Waals surface area contributed by atoms with Gasteiger partial charge in [-0.25, -0.2) is 9.18 Å². The van der Waals surface area contributed by atoms with E-state index < -0.39 is 5.97 Å². The van der Waals surface area contributed by atoms with Gasteiger partial charge in [-0.15, -0.1) is 11.3 Å². The fourth-order valence-electron chi connectivity index (χ4n) is 1.75. The summed E-state index contributed by atoms with van der Waals surface area (Å²) in [7, 11) is 0. The van der Waals surface area contributed by atoms with Gasteiger partial charge in [-0.05, 0) is 31.5 Å². The molecular formula is C15H16FNO3S. The minimum absolute atomic E-state index is 0.0367. The second-order valence-electron chi connectivity index (χ2n) is 4.72. The van der Waals surface area contributed by atoms with Crippen molar-refractivity contribution in [3.05, 3.63) is 35.0 Å². The average molecular weight is 309 g/mol. The van der Waals surface area contributed by atoms with Crippen molar-refractivity contribution in [2.75, 3.05) is 6.61 Å². The summed E-state index contributed by atoms with van der Waals surface area (Å²) in [4.78, 5) is 23.7. The molecule has 1 N–H and O–H groups in total. The number of thiophene rings is 1. The molecule has 0 aliphatic heterocycles. The average Bonchev–Trinajstić information content (AvgIpc) is 2.90. The summed E-state index contributed by atoms with van der Waals surface area (Å²) in [6.45, 7) is 3.48. The molecule has 1 heterocycles. The van der Waals surface area contributed by atoms with Gasteiger partial charge in [-0.2, -0.15) is 0 Å². The van der Waals surface area contributed by atoms with Crippen LogP contribution in [-0.4, -0.2) is 24.5 Å². The van der Waals surface area contributed by atoms with Crippen LogP contribution in [0, 0.1) is 5.82 Å². The van der Waals surface area contributed by atoms with Gasteiger partial charge in [0.15, 0.2) is 6.61 Å². The van der Waals surface area contributed by atoms with Crippen molar-refractivity contribution in [3.63, 3.8) is 0 Å². The smallest absolute Gasteiger partial charge is 0.348 e. The van der Waals surface area contributed by atoms with E-state index in [0.717, 1.165) is 17.8 Å². The van der Waals surface area contributed by atoms with Crippen LogP contribution < -0.4 is 5.32 Å². The van der Waals surface area contributed by atoms with Crippen molar-refractivity contribution in [2.24, 2.45) is 0 Å². The second-order valence-corrected chi connectivity index (χ2v) is 5.80. The Morgan fingerprint density at radius 1 is 1.43 bits per heavy atom. The summed E-state index contributed by atoms with van der Waals surface area (Å²) in [6.07, 6.45) is 0.801. The number of halogens is 1. The van der Waals surface area contributed by atoms with E-state index in [4.69, 9.17) is 4.74 Å². The lowest BCUT2D eigenvalue weighted by atomic mass is 10.2. The van der Waals surface area contributed by atoms with Gasteiger partial charge in [0, 0.05) is 16.1 Å². The Labute approximate surface area is 125 Å². The summed E-state index contributed by atoms with van der Waals surface area (Å²) in [6, 6.07) is 6.14. The SMILES string of the molecule is CCC(C)NC(=O)COC(=O)c1cc2c(F)cccc2s1. The number of esters is 1. The topological polar surface area (TPSA) is 55.4 Å². The quantitative estimate of drug-likeness (QED) is 0.863. The molecule has 1 aromatic carbocycles. The van der Waals surface area contributed by atoms with E-state index in [2.05, 4.69) is 5.32 Å². The third-order valence-electron chi connectivity index (χ3n) is 3.06. The lowest BCUT2D eigenvalue weighted by molar-refractivity contribution is -0.124. The number of hydrogen-bond donors (Lipinski definition) is 1.